The Bertz CT molecular complexity index is 387. The fourth-order valence-corrected chi connectivity index (χ4v) is 1.14. The summed E-state index contributed by atoms with van der Waals surface area (Å²) in [6.45, 7) is 3.48. The van der Waals surface area contributed by atoms with E-state index in [2.05, 4.69) is 0 Å². The molecule has 0 bridgehead atoms. The Balaban J connectivity index is 3.26. The average Bonchev–Trinajstić information content (AvgIpc) is 2.16. The van der Waals surface area contributed by atoms with Crippen molar-refractivity contribution in [2.75, 3.05) is 0 Å². The van der Waals surface area contributed by atoms with Gasteiger partial charge in [0.1, 0.15) is 0 Å². The van der Waals surface area contributed by atoms with Gasteiger partial charge in [0.25, 0.3) is 0 Å². The maximum atomic E-state index is 10.7. The molecule has 0 atom stereocenters. The molecular weight excluding hydrogens is 198 g/mol. The molecule has 15 heavy (non-hydrogen) atoms. The molecule has 0 aliphatic carbocycles. The minimum atomic E-state index is -0.565. The summed E-state index contributed by atoms with van der Waals surface area (Å²) in [5.41, 5.74) is 0.00574. The Morgan fingerprint density at radius 2 is 2.13 bits per heavy atom. The third kappa shape index (κ3) is 2.52. The first-order chi connectivity index (χ1) is 7.06. The summed E-state index contributed by atoms with van der Waals surface area (Å²) < 4.78 is 5.26. The van der Waals surface area contributed by atoms with E-state index in [1.54, 1.807) is 13.8 Å². The quantitative estimate of drug-likeness (QED) is 0.433. The van der Waals surface area contributed by atoms with Crippen LogP contribution >= 0.6 is 0 Å². The van der Waals surface area contributed by atoms with Crippen molar-refractivity contribution in [3.63, 3.8) is 0 Å². The zero-order chi connectivity index (χ0) is 11.4. The Morgan fingerprint density at radius 3 is 2.60 bits per heavy atom. The van der Waals surface area contributed by atoms with E-state index in [-0.39, 0.29) is 23.1 Å². The number of nitrogens with zero attached hydrogens (tertiary/aromatic N) is 1. The highest BCUT2D eigenvalue weighted by Gasteiger charge is 2.19. The Kier molecular flexibility index (Phi) is 3.38. The molecule has 0 fully saturated rings. The SMILES string of the molecule is CC(C)Oc1c(C=O)cccc1[N+](=O)[O-]. The molecule has 1 aromatic rings. The number of benzene rings is 1. The van der Waals surface area contributed by atoms with Crippen LogP contribution in [-0.4, -0.2) is 17.3 Å². The zero-order valence-electron chi connectivity index (χ0n) is 8.47. The molecule has 0 heterocycles. The molecule has 0 saturated heterocycles. The van der Waals surface area contributed by atoms with E-state index >= 15 is 0 Å². The van der Waals surface area contributed by atoms with Gasteiger partial charge < -0.3 is 4.74 Å². The first kappa shape index (κ1) is 11.2. The minimum absolute atomic E-state index is 0.0347. The number of nitro groups is 1. The highest BCUT2D eigenvalue weighted by atomic mass is 16.6. The van der Waals surface area contributed by atoms with Crippen molar-refractivity contribution in [3.8, 4) is 5.75 Å². The van der Waals surface area contributed by atoms with Gasteiger partial charge in [-0.25, -0.2) is 0 Å². The van der Waals surface area contributed by atoms with Crippen LogP contribution in [0.4, 0.5) is 5.69 Å². The van der Waals surface area contributed by atoms with E-state index in [0.717, 1.165) is 0 Å². The number of para-hydroxylation sites is 1. The minimum Gasteiger partial charge on any atom is -0.484 e. The normalized spacial score (nSPS) is 10.1. The van der Waals surface area contributed by atoms with Gasteiger partial charge in [-0.2, -0.15) is 0 Å². The molecule has 0 aliphatic rings. The zero-order valence-corrected chi connectivity index (χ0v) is 8.47. The second-order valence-electron chi connectivity index (χ2n) is 3.24. The molecule has 5 nitrogen and oxygen atoms in total. The van der Waals surface area contributed by atoms with Crippen molar-refractivity contribution in [1.29, 1.82) is 0 Å². The van der Waals surface area contributed by atoms with Gasteiger partial charge in [-0.1, -0.05) is 6.07 Å². The summed E-state index contributed by atoms with van der Waals surface area (Å²) in [7, 11) is 0. The van der Waals surface area contributed by atoms with Crippen molar-refractivity contribution in [3.05, 3.63) is 33.9 Å². The van der Waals surface area contributed by atoms with Crippen LogP contribution in [0.2, 0.25) is 0 Å². The molecule has 0 radical (unpaired) electrons. The summed E-state index contributed by atoms with van der Waals surface area (Å²) in [6.07, 6.45) is 0.329. The monoisotopic (exact) mass is 209 g/mol. The third-order valence-electron chi connectivity index (χ3n) is 1.70. The van der Waals surface area contributed by atoms with Crippen molar-refractivity contribution >= 4 is 12.0 Å². The number of aldehydes is 1. The lowest BCUT2D eigenvalue weighted by Gasteiger charge is -2.11. The van der Waals surface area contributed by atoms with Gasteiger partial charge in [0, 0.05) is 6.07 Å². The summed E-state index contributed by atoms with van der Waals surface area (Å²) >= 11 is 0. The van der Waals surface area contributed by atoms with Crippen LogP contribution in [-0.2, 0) is 0 Å². The van der Waals surface area contributed by atoms with E-state index in [4.69, 9.17) is 4.74 Å². The number of carbonyl (C=O) groups is 1. The highest BCUT2D eigenvalue weighted by Crippen LogP contribution is 2.30. The Morgan fingerprint density at radius 1 is 1.47 bits per heavy atom. The number of nitro benzene ring substituents is 1. The first-order valence-electron chi connectivity index (χ1n) is 4.45. The van der Waals surface area contributed by atoms with Gasteiger partial charge in [0.05, 0.1) is 16.6 Å². The van der Waals surface area contributed by atoms with Crippen molar-refractivity contribution in [2.24, 2.45) is 0 Å². The maximum Gasteiger partial charge on any atom is 0.311 e. The third-order valence-corrected chi connectivity index (χ3v) is 1.70. The molecule has 0 saturated carbocycles. The summed E-state index contributed by atoms with van der Waals surface area (Å²) in [6, 6.07) is 4.25. The highest BCUT2D eigenvalue weighted by molar-refractivity contribution is 5.82. The van der Waals surface area contributed by atoms with E-state index < -0.39 is 4.92 Å². The lowest BCUT2D eigenvalue weighted by molar-refractivity contribution is -0.386. The number of hydrogen-bond donors (Lipinski definition) is 0. The number of carbonyl (C=O) groups excluding carboxylic acids is 1. The lowest BCUT2D eigenvalue weighted by atomic mass is 10.2. The van der Waals surface area contributed by atoms with Crippen molar-refractivity contribution in [1.82, 2.24) is 0 Å². The van der Waals surface area contributed by atoms with Crippen LogP contribution < -0.4 is 4.74 Å². The largest absolute Gasteiger partial charge is 0.484 e. The van der Waals surface area contributed by atoms with Gasteiger partial charge in [0.15, 0.2) is 6.29 Å². The standard InChI is InChI=1S/C10H11NO4/c1-7(2)15-10-8(6-12)4-3-5-9(10)11(13)14/h3-7H,1-2H3. The van der Waals surface area contributed by atoms with Crippen LogP contribution in [0.3, 0.4) is 0 Å². The molecule has 0 spiro atoms. The summed E-state index contributed by atoms with van der Waals surface area (Å²) in [4.78, 5) is 20.8. The fourth-order valence-electron chi connectivity index (χ4n) is 1.14. The van der Waals surface area contributed by atoms with Gasteiger partial charge >= 0.3 is 5.69 Å². The van der Waals surface area contributed by atoms with Crippen LogP contribution in [0.15, 0.2) is 18.2 Å². The van der Waals surface area contributed by atoms with Crippen molar-refractivity contribution < 1.29 is 14.5 Å². The molecule has 0 unspecified atom stereocenters. The molecule has 0 amide bonds. The van der Waals surface area contributed by atoms with E-state index in [0.29, 0.717) is 6.29 Å². The maximum absolute atomic E-state index is 10.7. The molecule has 0 aromatic heterocycles. The summed E-state index contributed by atoms with van der Waals surface area (Å²) in [5, 5.41) is 10.7. The second kappa shape index (κ2) is 4.54. The molecule has 0 N–H and O–H groups in total. The van der Waals surface area contributed by atoms with E-state index in [1.807, 2.05) is 0 Å². The molecule has 80 valence electrons. The first-order valence-corrected chi connectivity index (χ1v) is 4.45. The van der Waals surface area contributed by atoms with Crippen LogP contribution in [0.5, 0.6) is 5.75 Å². The second-order valence-corrected chi connectivity index (χ2v) is 3.24. The molecular formula is C10H11NO4. The van der Waals surface area contributed by atoms with Crippen molar-refractivity contribution in [2.45, 2.75) is 20.0 Å². The molecule has 1 rings (SSSR count). The predicted octanol–water partition coefficient (Wildman–Crippen LogP) is 2.19. The van der Waals surface area contributed by atoms with Crippen LogP contribution in [0.25, 0.3) is 0 Å². The van der Waals surface area contributed by atoms with Gasteiger partial charge in [-0.05, 0) is 19.9 Å². The molecule has 0 aliphatic heterocycles. The summed E-state index contributed by atoms with van der Waals surface area (Å²) in [5.74, 6) is 0.0347. The number of ether oxygens (including phenoxy) is 1. The Hall–Kier alpha value is -1.91. The van der Waals surface area contributed by atoms with Gasteiger partial charge in [-0.15, -0.1) is 0 Å². The lowest BCUT2D eigenvalue weighted by Crippen LogP contribution is -2.09. The van der Waals surface area contributed by atoms with Gasteiger partial charge in [-0.3, -0.25) is 14.9 Å². The molecule has 5 heteroatoms. The smallest absolute Gasteiger partial charge is 0.311 e. The van der Waals surface area contributed by atoms with E-state index in [1.165, 1.54) is 18.2 Å². The van der Waals surface area contributed by atoms with Gasteiger partial charge in [0.2, 0.25) is 5.75 Å². The topological polar surface area (TPSA) is 69.4 Å². The van der Waals surface area contributed by atoms with Crippen LogP contribution in [0, 0.1) is 10.1 Å². The number of hydrogen-bond acceptors (Lipinski definition) is 4. The predicted molar refractivity (Wildman–Crippen MR) is 54.2 cm³/mol. The van der Waals surface area contributed by atoms with Crippen LogP contribution in [0.1, 0.15) is 24.2 Å². The van der Waals surface area contributed by atoms with E-state index in [9.17, 15) is 14.9 Å². The fraction of sp³-hybridized carbons (Fsp3) is 0.300. The average molecular weight is 209 g/mol. The molecule has 1 aromatic carbocycles. The number of rotatable bonds is 4. The Labute approximate surface area is 86.8 Å².